The molecule has 5 heteroatoms. The molecule has 2 aliphatic rings. The number of carbonyl (C=O) groups is 1. The largest absolute Gasteiger partial charge is 0.444 e. The summed E-state index contributed by atoms with van der Waals surface area (Å²) in [7, 11) is 0. The van der Waals surface area contributed by atoms with E-state index in [-0.39, 0.29) is 6.09 Å². The Morgan fingerprint density at radius 3 is 2.83 bits per heavy atom. The predicted molar refractivity (Wildman–Crippen MR) is 91.5 cm³/mol. The van der Waals surface area contributed by atoms with E-state index in [0.717, 1.165) is 32.6 Å². The van der Waals surface area contributed by atoms with Crippen molar-refractivity contribution in [1.82, 2.24) is 10.6 Å². The normalized spacial score (nSPS) is 25.6. The number of amides is 1. The molecule has 0 aromatic heterocycles. The Kier molecular flexibility index (Phi) is 6.90. The maximum atomic E-state index is 11.8. The van der Waals surface area contributed by atoms with Crippen molar-refractivity contribution in [3.05, 3.63) is 11.6 Å². The van der Waals surface area contributed by atoms with Crippen molar-refractivity contribution < 1.29 is 14.3 Å². The van der Waals surface area contributed by atoms with Crippen molar-refractivity contribution in [2.45, 2.75) is 64.5 Å². The Hall–Kier alpha value is -1.07. The molecular weight excluding hydrogens is 292 g/mol. The Balaban J connectivity index is 1.76. The summed E-state index contributed by atoms with van der Waals surface area (Å²) >= 11 is 0. The van der Waals surface area contributed by atoms with Gasteiger partial charge in [-0.2, -0.15) is 0 Å². The fourth-order valence-electron chi connectivity index (χ4n) is 3.24. The highest BCUT2D eigenvalue weighted by Crippen LogP contribution is 2.24. The highest BCUT2D eigenvalue weighted by molar-refractivity contribution is 5.67. The van der Waals surface area contributed by atoms with Crippen molar-refractivity contribution in [3.8, 4) is 0 Å². The van der Waals surface area contributed by atoms with Gasteiger partial charge in [0.2, 0.25) is 0 Å². The fourth-order valence-corrected chi connectivity index (χ4v) is 3.24. The van der Waals surface area contributed by atoms with Gasteiger partial charge in [-0.1, -0.05) is 18.9 Å². The lowest BCUT2D eigenvalue weighted by atomic mass is 9.84. The molecule has 1 heterocycles. The van der Waals surface area contributed by atoms with E-state index >= 15 is 0 Å². The first-order valence-electron chi connectivity index (χ1n) is 8.90. The zero-order valence-corrected chi connectivity index (χ0v) is 14.8. The second kappa shape index (κ2) is 8.69. The van der Waals surface area contributed by atoms with Crippen LogP contribution in [-0.4, -0.2) is 44.0 Å². The van der Waals surface area contributed by atoms with E-state index in [1.165, 1.54) is 24.8 Å². The van der Waals surface area contributed by atoms with Gasteiger partial charge in [-0.25, -0.2) is 4.79 Å². The van der Waals surface area contributed by atoms with Crippen LogP contribution in [0.2, 0.25) is 0 Å². The predicted octanol–water partition coefficient (Wildman–Crippen LogP) is 3.01. The molecule has 1 saturated carbocycles. The standard InChI is InChI=1S/C18H32N2O3/c1-18(2,3)23-17(21)20-12-15-8-4-5-9-16(15)19-11-14-7-6-10-22-13-14/h7,15-16,19H,4-6,8-13H2,1-3H3,(H,20,21)/t15-,16+/m1/s1. The van der Waals surface area contributed by atoms with Crippen LogP contribution < -0.4 is 10.6 Å². The zero-order chi connectivity index (χ0) is 16.7. The number of carbonyl (C=O) groups excluding carboxylic acids is 1. The van der Waals surface area contributed by atoms with Crippen LogP contribution >= 0.6 is 0 Å². The van der Waals surface area contributed by atoms with Crippen LogP contribution in [0.25, 0.3) is 0 Å². The van der Waals surface area contributed by atoms with Gasteiger partial charge in [0.15, 0.2) is 0 Å². The zero-order valence-electron chi connectivity index (χ0n) is 14.8. The summed E-state index contributed by atoms with van der Waals surface area (Å²) in [4.78, 5) is 11.8. The Bertz CT molecular complexity index is 415. The van der Waals surface area contributed by atoms with E-state index in [2.05, 4.69) is 16.7 Å². The summed E-state index contributed by atoms with van der Waals surface area (Å²) in [6.45, 7) is 8.83. The lowest BCUT2D eigenvalue weighted by molar-refractivity contribution is 0.0511. The molecule has 2 atom stereocenters. The van der Waals surface area contributed by atoms with Crippen molar-refractivity contribution in [1.29, 1.82) is 0 Å². The summed E-state index contributed by atoms with van der Waals surface area (Å²) < 4.78 is 10.8. The molecule has 2 rings (SSSR count). The number of alkyl carbamates (subject to hydrolysis) is 1. The molecule has 2 N–H and O–H groups in total. The SMILES string of the molecule is CC(C)(C)OC(=O)NC[C@H]1CCCC[C@@H]1NCC1=CCCOC1. The molecule has 1 aliphatic carbocycles. The van der Waals surface area contributed by atoms with Crippen LogP contribution in [0.4, 0.5) is 4.79 Å². The van der Waals surface area contributed by atoms with Gasteiger partial charge in [0.25, 0.3) is 0 Å². The highest BCUT2D eigenvalue weighted by atomic mass is 16.6. The summed E-state index contributed by atoms with van der Waals surface area (Å²) in [6.07, 6.45) is 7.82. The van der Waals surface area contributed by atoms with Gasteiger partial charge < -0.3 is 20.1 Å². The lowest BCUT2D eigenvalue weighted by Gasteiger charge is -2.33. The monoisotopic (exact) mass is 324 g/mol. The van der Waals surface area contributed by atoms with Crippen LogP contribution in [0.15, 0.2) is 11.6 Å². The van der Waals surface area contributed by atoms with E-state index in [1.54, 1.807) is 0 Å². The van der Waals surface area contributed by atoms with E-state index in [0.29, 0.717) is 18.5 Å². The van der Waals surface area contributed by atoms with Crippen molar-refractivity contribution >= 4 is 6.09 Å². The third-order valence-corrected chi connectivity index (χ3v) is 4.39. The van der Waals surface area contributed by atoms with Gasteiger partial charge in [-0.3, -0.25) is 0 Å². The van der Waals surface area contributed by atoms with Crippen molar-refractivity contribution in [2.24, 2.45) is 5.92 Å². The molecule has 0 spiro atoms. The fraction of sp³-hybridized carbons (Fsp3) is 0.833. The second-order valence-corrected chi connectivity index (χ2v) is 7.62. The van der Waals surface area contributed by atoms with Crippen LogP contribution in [-0.2, 0) is 9.47 Å². The summed E-state index contributed by atoms with van der Waals surface area (Å²) in [5.41, 5.74) is 0.905. The third-order valence-electron chi connectivity index (χ3n) is 4.39. The first-order chi connectivity index (χ1) is 10.9. The van der Waals surface area contributed by atoms with Gasteiger partial charge >= 0.3 is 6.09 Å². The average molecular weight is 324 g/mol. The number of rotatable bonds is 5. The quantitative estimate of drug-likeness (QED) is 0.763. The number of nitrogens with one attached hydrogen (secondary N) is 2. The van der Waals surface area contributed by atoms with Gasteiger partial charge in [0, 0.05) is 19.1 Å². The van der Waals surface area contributed by atoms with Crippen molar-refractivity contribution in [2.75, 3.05) is 26.3 Å². The Labute approximate surface area is 140 Å². The molecule has 5 nitrogen and oxygen atoms in total. The summed E-state index contributed by atoms with van der Waals surface area (Å²) in [5.74, 6) is 0.473. The molecule has 1 amide bonds. The summed E-state index contributed by atoms with van der Waals surface area (Å²) in [5, 5.41) is 6.61. The van der Waals surface area contributed by atoms with E-state index in [4.69, 9.17) is 9.47 Å². The molecule has 0 aromatic carbocycles. The molecule has 1 fully saturated rings. The number of hydrogen-bond acceptors (Lipinski definition) is 4. The van der Waals surface area contributed by atoms with E-state index < -0.39 is 5.60 Å². The minimum absolute atomic E-state index is 0.315. The maximum absolute atomic E-state index is 11.8. The number of hydrogen-bond donors (Lipinski definition) is 2. The maximum Gasteiger partial charge on any atom is 0.407 e. The minimum Gasteiger partial charge on any atom is -0.444 e. The van der Waals surface area contributed by atoms with Crippen LogP contribution in [0.1, 0.15) is 52.9 Å². The highest BCUT2D eigenvalue weighted by Gasteiger charge is 2.26. The molecule has 0 aromatic rings. The van der Waals surface area contributed by atoms with Gasteiger partial charge in [-0.05, 0) is 51.5 Å². The van der Waals surface area contributed by atoms with Crippen LogP contribution in [0.3, 0.4) is 0 Å². The molecule has 132 valence electrons. The molecule has 0 saturated heterocycles. The molecule has 0 bridgehead atoms. The minimum atomic E-state index is -0.443. The van der Waals surface area contributed by atoms with Gasteiger partial charge in [0.1, 0.15) is 5.60 Å². The number of ether oxygens (including phenoxy) is 2. The van der Waals surface area contributed by atoms with Crippen LogP contribution in [0, 0.1) is 5.92 Å². The molecule has 0 radical (unpaired) electrons. The van der Waals surface area contributed by atoms with Crippen LogP contribution in [0.5, 0.6) is 0 Å². The summed E-state index contributed by atoms with van der Waals surface area (Å²) in [6, 6.07) is 0.460. The molecule has 1 aliphatic heterocycles. The molecular formula is C18H32N2O3. The molecule has 23 heavy (non-hydrogen) atoms. The van der Waals surface area contributed by atoms with E-state index in [9.17, 15) is 4.79 Å². The smallest absolute Gasteiger partial charge is 0.407 e. The Morgan fingerprint density at radius 1 is 1.35 bits per heavy atom. The van der Waals surface area contributed by atoms with E-state index in [1.807, 2.05) is 20.8 Å². The third kappa shape index (κ3) is 6.92. The lowest BCUT2D eigenvalue weighted by Crippen LogP contribution is -2.45. The topological polar surface area (TPSA) is 59.6 Å². The van der Waals surface area contributed by atoms with Crippen molar-refractivity contribution in [3.63, 3.8) is 0 Å². The second-order valence-electron chi connectivity index (χ2n) is 7.62. The average Bonchev–Trinajstić information content (AvgIpc) is 2.51. The first-order valence-corrected chi connectivity index (χ1v) is 8.90. The van der Waals surface area contributed by atoms with Gasteiger partial charge in [0.05, 0.1) is 13.2 Å². The Morgan fingerprint density at radius 2 is 2.13 bits per heavy atom. The van der Waals surface area contributed by atoms with Gasteiger partial charge in [-0.15, -0.1) is 0 Å². The molecule has 0 unspecified atom stereocenters. The first kappa shape index (κ1) is 18.3.